The minimum atomic E-state index is -0.293. The smallest absolute Gasteiger partial charge is 0.131 e. The summed E-state index contributed by atoms with van der Waals surface area (Å²) in [7, 11) is 1.88. The third kappa shape index (κ3) is 1.98. The van der Waals surface area contributed by atoms with E-state index in [1.807, 2.05) is 19.3 Å². The van der Waals surface area contributed by atoms with Gasteiger partial charge in [0.2, 0.25) is 0 Å². The average Bonchev–Trinajstić information content (AvgIpc) is 3.01. The molecule has 6 nitrogen and oxygen atoms in total. The molecule has 1 atom stereocenters. The maximum absolute atomic E-state index is 6.38. The van der Waals surface area contributed by atoms with Crippen molar-refractivity contribution in [3.8, 4) is 0 Å². The van der Waals surface area contributed by atoms with Crippen LogP contribution >= 0.6 is 0 Å². The van der Waals surface area contributed by atoms with Crippen LogP contribution in [0.4, 0.5) is 0 Å². The van der Waals surface area contributed by atoms with E-state index in [0.29, 0.717) is 0 Å². The second-order valence-electron chi connectivity index (χ2n) is 5.22. The summed E-state index contributed by atoms with van der Waals surface area (Å²) >= 11 is 0. The molecule has 0 spiro atoms. The molecule has 3 heterocycles. The molecular formula is C14H18N6. The van der Waals surface area contributed by atoms with Gasteiger partial charge in [-0.05, 0) is 19.9 Å². The molecule has 0 saturated carbocycles. The number of rotatable bonds is 3. The van der Waals surface area contributed by atoms with Gasteiger partial charge in [0.25, 0.3) is 0 Å². The Labute approximate surface area is 117 Å². The van der Waals surface area contributed by atoms with Crippen LogP contribution in [0.2, 0.25) is 0 Å². The van der Waals surface area contributed by atoms with Crippen LogP contribution in [0.3, 0.4) is 0 Å². The van der Waals surface area contributed by atoms with Gasteiger partial charge in [-0.25, -0.2) is 4.98 Å². The number of nitrogens with two attached hydrogens (primary N) is 1. The molecule has 3 aromatic heterocycles. The lowest BCUT2D eigenvalue weighted by Gasteiger charge is -2.16. The lowest BCUT2D eigenvalue weighted by Crippen LogP contribution is -2.18. The van der Waals surface area contributed by atoms with E-state index in [-0.39, 0.29) is 12.1 Å². The molecule has 0 saturated heterocycles. The largest absolute Gasteiger partial charge is 0.324 e. The fourth-order valence-electron chi connectivity index (χ4n) is 2.48. The molecule has 0 aliphatic carbocycles. The molecule has 0 aromatic carbocycles. The molecule has 1 unspecified atom stereocenters. The number of hydrogen-bond donors (Lipinski definition) is 1. The van der Waals surface area contributed by atoms with Gasteiger partial charge < -0.3 is 10.3 Å². The van der Waals surface area contributed by atoms with Crippen LogP contribution in [-0.4, -0.2) is 24.3 Å². The van der Waals surface area contributed by atoms with Gasteiger partial charge in [-0.1, -0.05) is 0 Å². The third-order valence-corrected chi connectivity index (χ3v) is 3.40. The molecule has 0 bridgehead atoms. The van der Waals surface area contributed by atoms with Crippen molar-refractivity contribution >= 4 is 11.0 Å². The van der Waals surface area contributed by atoms with E-state index < -0.39 is 0 Å². The number of nitrogens with zero attached hydrogens (tertiary/aromatic N) is 5. The summed E-state index contributed by atoms with van der Waals surface area (Å²) in [6.45, 7) is 4.25. The maximum Gasteiger partial charge on any atom is 0.131 e. The number of imidazole rings is 1. The molecule has 6 heteroatoms. The first kappa shape index (κ1) is 12.8. The Kier molecular flexibility index (Phi) is 3.02. The van der Waals surface area contributed by atoms with Gasteiger partial charge in [0.1, 0.15) is 11.3 Å². The molecule has 104 valence electrons. The molecule has 2 N–H and O–H groups in total. The highest BCUT2D eigenvalue weighted by molar-refractivity contribution is 5.75. The van der Waals surface area contributed by atoms with Crippen molar-refractivity contribution in [2.24, 2.45) is 12.8 Å². The summed E-state index contributed by atoms with van der Waals surface area (Å²) in [6, 6.07) is 1.96. The minimum absolute atomic E-state index is 0.278. The van der Waals surface area contributed by atoms with Crippen molar-refractivity contribution in [3.05, 3.63) is 42.2 Å². The van der Waals surface area contributed by atoms with E-state index in [0.717, 1.165) is 22.4 Å². The Morgan fingerprint density at radius 1 is 1.25 bits per heavy atom. The Morgan fingerprint density at radius 2 is 2.05 bits per heavy atom. The average molecular weight is 270 g/mol. The van der Waals surface area contributed by atoms with Crippen molar-refractivity contribution in [1.29, 1.82) is 0 Å². The molecule has 0 amide bonds. The lowest BCUT2D eigenvalue weighted by molar-refractivity contribution is 0.567. The number of fused-ring (bicyclic) bond motifs is 1. The zero-order valence-corrected chi connectivity index (χ0v) is 11.9. The zero-order valence-electron chi connectivity index (χ0n) is 11.9. The van der Waals surface area contributed by atoms with E-state index >= 15 is 0 Å². The Morgan fingerprint density at radius 3 is 2.70 bits per heavy atom. The summed E-state index contributed by atoms with van der Waals surface area (Å²) in [6.07, 6.45) is 7.26. The van der Waals surface area contributed by atoms with Gasteiger partial charge in [-0.3, -0.25) is 9.67 Å². The second-order valence-corrected chi connectivity index (χ2v) is 5.22. The minimum Gasteiger partial charge on any atom is -0.324 e. The molecule has 0 radical (unpaired) electrons. The van der Waals surface area contributed by atoms with Crippen LogP contribution in [0.5, 0.6) is 0 Å². The van der Waals surface area contributed by atoms with E-state index in [1.54, 1.807) is 23.3 Å². The fourth-order valence-corrected chi connectivity index (χ4v) is 2.48. The standard InChI is InChI=1S/C14H18N6/c1-9(2)20-12-4-5-16-7-11(12)18-14(20)13(15)10-6-17-19(3)8-10/h4-9,13H,15H2,1-3H3. The Hall–Kier alpha value is -2.21. The molecule has 0 fully saturated rings. The van der Waals surface area contributed by atoms with Gasteiger partial charge in [0.15, 0.2) is 0 Å². The Bertz CT molecular complexity index is 739. The van der Waals surface area contributed by atoms with Gasteiger partial charge in [0.05, 0.1) is 24.0 Å². The summed E-state index contributed by atoms with van der Waals surface area (Å²) in [5.41, 5.74) is 9.26. The quantitative estimate of drug-likeness (QED) is 0.787. The first-order valence-corrected chi connectivity index (χ1v) is 6.64. The normalized spacial score (nSPS) is 13.2. The fraction of sp³-hybridized carbons (Fsp3) is 0.357. The zero-order chi connectivity index (χ0) is 14.3. The van der Waals surface area contributed by atoms with Gasteiger partial charge in [-0.15, -0.1) is 0 Å². The van der Waals surface area contributed by atoms with Crippen LogP contribution in [-0.2, 0) is 7.05 Å². The summed E-state index contributed by atoms with van der Waals surface area (Å²) < 4.78 is 3.91. The van der Waals surface area contributed by atoms with Crippen LogP contribution < -0.4 is 5.73 Å². The highest BCUT2D eigenvalue weighted by Gasteiger charge is 2.21. The van der Waals surface area contributed by atoms with Gasteiger partial charge in [-0.2, -0.15) is 5.10 Å². The van der Waals surface area contributed by atoms with Crippen LogP contribution in [0.25, 0.3) is 11.0 Å². The monoisotopic (exact) mass is 270 g/mol. The van der Waals surface area contributed by atoms with Crippen molar-refractivity contribution in [2.75, 3.05) is 0 Å². The summed E-state index contributed by atoms with van der Waals surface area (Å²) in [5.74, 6) is 0.844. The van der Waals surface area contributed by atoms with E-state index in [9.17, 15) is 0 Å². The number of pyridine rings is 1. The van der Waals surface area contributed by atoms with Crippen molar-refractivity contribution in [3.63, 3.8) is 0 Å². The topological polar surface area (TPSA) is 74.6 Å². The van der Waals surface area contributed by atoms with Crippen molar-refractivity contribution in [2.45, 2.75) is 25.9 Å². The highest BCUT2D eigenvalue weighted by Crippen LogP contribution is 2.26. The van der Waals surface area contributed by atoms with Crippen LogP contribution in [0.15, 0.2) is 30.9 Å². The summed E-state index contributed by atoms with van der Waals surface area (Å²) in [4.78, 5) is 8.79. The highest BCUT2D eigenvalue weighted by atomic mass is 15.2. The van der Waals surface area contributed by atoms with E-state index in [1.165, 1.54) is 0 Å². The van der Waals surface area contributed by atoms with Crippen LogP contribution in [0, 0.1) is 0 Å². The first-order valence-electron chi connectivity index (χ1n) is 6.64. The van der Waals surface area contributed by atoms with E-state index in [4.69, 9.17) is 5.73 Å². The van der Waals surface area contributed by atoms with Crippen molar-refractivity contribution < 1.29 is 0 Å². The predicted octanol–water partition coefficient (Wildman–Crippen LogP) is 1.79. The summed E-state index contributed by atoms with van der Waals surface area (Å²) in [5, 5.41) is 4.18. The molecule has 0 aliphatic heterocycles. The first-order chi connectivity index (χ1) is 9.58. The van der Waals surface area contributed by atoms with E-state index in [2.05, 4.69) is 33.5 Å². The third-order valence-electron chi connectivity index (χ3n) is 3.40. The SMILES string of the molecule is CC(C)n1c(C(N)c2cnn(C)c2)nc2cnccc21. The molecule has 0 aliphatic rings. The molecular weight excluding hydrogens is 252 g/mol. The predicted molar refractivity (Wildman–Crippen MR) is 77.2 cm³/mol. The molecule has 3 aromatic rings. The van der Waals surface area contributed by atoms with Gasteiger partial charge >= 0.3 is 0 Å². The number of aryl methyl sites for hydroxylation is 1. The molecule has 3 rings (SSSR count). The number of hydrogen-bond acceptors (Lipinski definition) is 4. The lowest BCUT2D eigenvalue weighted by atomic mass is 10.1. The number of aromatic nitrogens is 5. The molecule has 20 heavy (non-hydrogen) atoms. The van der Waals surface area contributed by atoms with Crippen LogP contribution in [0.1, 0.15) is 37.3 Å². The second kappa shape index (κ2) is 4.72. The maximum atomic E-state index is 6.38. The van der Waals surface area contributed by atoms with Crippen molar-refractivity contribution in [1.82, 2.24) is 24.3 Å². The van der Waals surface area contributed by atoms with Gasteiger partial charge in [0, 0.05) is 31.0 Å². The Balaban J connectivity index is 2.17.